The molecule has 0 bridgehead atoms. The molecule has 1 rings (SSSR count). The summed E-state index contributed by atoms with van der Waals surface area (Å²) in [6, 6.07) is 8.07. The van der Waals surface area contributed by atoms with E-state index >= 15 is 0 Å². The lowest BCUT2D eigenvalue weighted by molar-refractivity contribution is -0.118. The van der Waals surface area contributed by atoms with Gasteiger partial charge in [0.15, 0.2) is 0 Å². The lowest BCUT2D eigenvalue weighted by Crippen LogP contribution is -2.04. The van der Waals surface area contributed by atoms with Crippen molar-refractivity contribution in [2.75, 3.05) is 13.7 Å². The topological polar surface area (TPSA) is 26.3 Å². The van der Waals surface area contributed by atoms with E-state index in [1.807, 2.05) is 24.3 Å². The second-order valence-corrected chi connectivity index (χ2v) is 4.68. The molecule has 3 heteroatoms. The van der Waals surface area contributed by atoms with Crippen molar-refractivity contribution in [3.05, 3.63) is 33.4 Å². The molecule has 2 nitrogen and oxygen atoms in total. The predicted octanol–water partition coefficient (Wildman–Crippen LogP) is 2.83. The third kappa shape index (κ3) is 5.28. The number of benzene rings is 1. The minimum atomic E-state index is 0.285. The van der Waals surface area contributed by atoms with Gasteiger partial charge < -0.3 is 4.74 Å². The van der Waals surface area contributed by atoms with E-state index in [2.05, 4.69) is 22.6 Å². The fourth-order valence-electron chi connectivity index (χ4n) is 1.33. The molecule has 1 aromatic rings. The van der Waals surface area contributed by atoms with Gasteiger partial charge in [-0.3, -0.25) is 4.79 Å². The molecule has 0 atom stereocenters. The summed E-state index contributed by atoms with van der Waals surface area (Å²) in [5, 5.41) is 0. The van der Waals surface area contributed by atoms with Crippen LogP contribution in [0.5, 0.6) is 0 Å². The zero-order valence-electron chi connectivity index (χ0n) is 8.83. The van der Waals surface area contributed by atoms with Gasteiger partial charge in [-0.05, 0) is 46.7 Å². The SMILES string of the molecule is COCCCC(=O)Cc1ccc(I)cc1. The van der Waals surface area contributed by atoms with E-state index < -0.39 is 0 Å². The zero-order valence-corrected chi connectivity index (χ0v) is 11.0. The van der Waals surface area contributed by atoms with E-state index in [9.17, 15) is 4.79 Å². The number of rotatable bonds is 6. The number of hydrogen-bond donors (Lipinski definition) is 0. The molecule has 82 valence electrons. The minimum Gasteiger partial charge on any atom is -0.385 e. The molecule has 0 fully saturated rings. The fourth-order valence-corrected chi connectivity index (χ4v) is 1.69. The summed E-state index contributed by atoms with van der Waals surface area (Å²) in [4.78, 5) is 11.5. The van der Waals surface area contributed by atoms with Crippen molar-refractivity contribution in [2.45, 2.75) is 19.3 Å². The number of hydrogen-bond acceptors (Lipinski definition) is 2. The van der Waals surface area contributed by atoms with Crippen LogP contribution in [0.15, 0.2) is 24.3 Å². The standard InChI is InChI=1S/C12H15IO2/c1-15-8-2-3-12(14)9-10-4-6-11(13)7-5-10/h4-7H,2-3,8-9H2,1H3. The smallest absolute Gasteiger partial charge is 0.137 e. The minimum absolute atomic E-state index is 0.285. The second kappa shape index (κ2) is 6.95. The first-order chi connectivity index (χ1) is 7.22. The van der Waals surface area contributed by atoms with Crippen LogP contribution in [0.2, 0.25) is 0 Å². The van der Waals surface area contributed by atoms with Crippen molar-refractivity contribution in [2.24, 2.45) is 0 Å². The molecular weight excluding hydrogens is 303 g/mol. The van der Waals surface area contributed by atoms with E-state index in [1.54, 1.807) is 7.11 Å². The first-order valence-electron chi connectivity index (χ1n) is 4.97. The zero-order chi connectivity index (χ0) is 11.1. The molecule has 0 saturated carbocycles. The summed E-state index contributed by atoms with van der Waals surface area (Å²) in [6.45, 7) is 0.665. The molecular formula is C12H15IO2. The van der Waals surface area contributed by atoms with Crippen molar-refractivity contribution >= 4 is 28.4 Å². The maximum atomic E-state index is 11.5. The van der Waals surface area contributed by atoms with Crippen molar-refractivity contribution < 1.29 is 9.53 Å². The molecule has 0 amide bonds. The summed E-state index contributed by atoms with van der Waals surface area (Å²) in [5.41, 5.74) is 1.10. The molecule has 0 saturated heterocycles. The van der Waals surface area contributed by atoms with Crippen LogP contribution >= 0.6 is 22.6 Å². The van der Waals surface area contributed by atoms with Crippen LogP contribution in [0.25, 0.3) is 0 Å². The first-order valence-corrected chi connectivity index (χ1v) is 6.05. The van der Waals surface area contributed by atoms with Crippen LogP contribution in [0.3, 0.4) is 0 Å². The van der Waals surface area contributed by atoms with Gasteiger partial charge in [0.05, 0.1) is 0 Å². The van der Waals surface area contributed by atoms with Crippen molar-refractivity contribution in [3.63, 3.8) is 0 Å². The molecule has 0 aliphatic rings. The van der Waals surface area contributed by atoms with Gasteiger partial charge >= 0.3 is 0 Å². The number of ether oxygens (including phenoxy) is 1. The lowest BCUT2D eigenvalue weighted by atomic mass is 10.1. The molecule has 0 N–H and O–H groups in total. The largest absolute Gasteiger partial charge is 0.385 e. The van der Waals surface area contributed by atoms with Crippen molar-refractivity contribution in [3.8, 4) is 0 Å². The number of carbonyl (C=O) groups is 1. The van der Waals surface area contributed by atoms with Crippen LogP contribution in [0.1, 0.15) is 18.4 Å². The average Bonchev–Trinajstić information content (AvgIpc) is 2.22. The molecule has 0 heterocycles. The molecule has 0 unspecified atom stereocenters. The normalized spacial score (nSPS) is 10.3. The summed E-state index contributed by atoms with van der Waals surface area (Å²) in [5.74, 6) is 0.285. The third-order valence-electron chi connectivity index (χ3n) is 2.12. The highest BCUT2D eigenvalue weighted by Crippen LogP contribution is 2.08. The van der Waals surface area contributed by atoms with Gasteiger partial charge in [-0.25, -0.2) is 0 Å². The fraction of sp³-hybridized carbons (Fsp3) is 0.417. The third-order valence-corrected chi connectivity index (χ3v) is 2.84. The van der Waals surface area contributed by atoms with Gasteiger partial charge in [0.1, 0.15) is 5.78 Å². The van der Waals surface area contributed by atoms with Gasteiger partial charge in [0, 0.05) is 30.1 Å². The van der Waals surface area contributed by atoms with Gasteiger partial charge in [-0.15, -0.1) is 0 Å². The Morgan fingerprint density at radius 3 is 2.60 bits per heavy atom. The molecule has 0 aliphatic heterocycles. The number of carbonyl (C=O) groups excluding carboxylic acids is 1. The quantitative estimate of drug-likeness (QED) is 0.595. The second-order valence-electron chi connectivity index (χ2n) is 3.44. The number of halogens is 1. The van der Waals surface area contributed by atoms with E-state index in [0.717, 1.165) is 12.0 Å². The highest BCUT2D eigenvalue weighted by atomic mass is 127. The number of Topliss-reactive ketones (excluding diaryl/α,β-unsaturated/α-hetero) is 1. The number of methoxy groups -OCH3 is 1. The van der Waals surface area contributed by atoms with Crippen LogP contribution in [0, 0.1) is 3.57 Å². The molecule has 15 heavy (non-hydrogen) atoms. The maximum absolute atomic E-state index is 11.5. The van der Waals surface area contributed by atoms with Gasteiger partial charge in [0.2, 0.25) is 0 Å². The van der Waals surface area contributed by atoms with Crippen molar-refractivity contribution in [1.82, 2.24) is 0 Å². The van der Waals surface area contributed by atoms with Crippen LogP contribution in [0.4, 0.5) is 0 Å². The Bertz CT molecular complexity index is 306. The van der Waals surface area contributed by atoms with Gasteiger partial charge in [0.25, 0.3) is 0 Å². The predicted molar refractivity (Wildman–Crippen MR) is 69.0 cm³/mol. The molecule has 0 radical (unpaired) electrons. The van der Waals surface area contributed by atoms with Crippen LogP contribution < -0.4 is 0 Å². The Morgan fingerprint density at radius 2 is 2.00 bits per heavy atom. The highest BCUT2D eigenvalue weighted by Gasteiger charge is 2.03. The van der Waals surface area contributed by atoms with E-state index in [4.69, 9.17) is 4.74 Å². The maximum Gasteiger partial charge on any atom is 0.137 e. The molecule has 0 aliphatic carbocycles. The van der Waals surface area contributed by atoms with Gasteiger partial charge in [-0.1, -0.05) is 12.1 Å². The van der Waals surface area contributed by atoms with Crippen LogP contribution in [-0.4, -0.2) is 19.5 Å². The summed E-state index contributed by atoms with van der Waals surface area (Å²) in [6.07, 6.45) is 1.97. The van der Waals surface area contributed by atoms with E-state index in [0.29, 0.717) is 19.4 Å². The van der Waals surface area contributed by atoms with E-state index in [-0.39, 0.29) is 5.78 Å². The average molecular weight is 318 g/mol. The lowest BCUT2D eigenvalue weighted by Gasteiger charge is -2.01. The Labute approximate surface area is 104 Å². The van der Waals surface area contributed by atoms with E-state index in [1.165, 1.54) is 3.57 Å². The first kappa shape index (κ1) is 12.6. The Kier molecular flexibility index (Phi) is 5.86. The molecule has 0 spiro atoms. The molecule has 1 aromatic carbocycles. The summed E-state index contributed by atoms with van der Waals surface area (Å²) < 4.78 is 6.10. The monoisotopic (exact) mass is 318 g/mol. The summed E-state index contributed by atoms with van der Waals surface area (Å²) in [7, 11) is 1.66. The Morgan fingerprint density at radius 1 is 1.33 bits per heavy atom. The van der Waals surface area contributed by atoms with Crippen LogP contribution in [-0.2, 0) is 16.0 Å². The molecule has 0 aromatic heterocycles. The van der Waals surface area contributed by atoms with Gasteiger partial charge in [-0.2, -0.15) is 0 Å². The Balaban J connectivity index is 2.34. The number of ketones is 1. The highest BCUT2D eigenvalue weighted by molar-refractivity contribution is 14.1. The van der Waals surface area contributed by atoms with Crippen molar-refractivity contribution in [1.29, 1.82) is 0 Å². The Hall–Kier alpha value is -0.420. The summed E-state index contributed by atoms with van der Waals surface area (Å²) >= 11 is 2.26.